The van der Waals surface area contributed by atoms with Gasteiger partial charge in [0.2, 0.25) is 11.8 Å². The summed E-state index contributed by atoms with van der Waals surface area (Å²) < 4.78 is 0. The summed E-state index contributed by atoms with van der Waals surface area (Å²) in [5.41, 5.74) is 0. The zero-order valence-corrected chi connectivity index (χ0v) is 14.6. The number of nitrogens with one attached hydrogen (secondary N) is 1. The van der Waals surface area contributed by atoms with Gasteiger partial charge in [0.1, 0.15) is 6.04 Å². The summed E-state index contributed by atoms with van der Waals surface area (Å²) in [6, 6.07) is 1.04. The molecular formula is C18H31N3O2. The van der Waals surface area contributed by atoms with Crippen molar-refractivity contribution in [3.8, 4) is 0 Å². The van der Waals surface area contributed by atoms with Crippen LogP contribution in [0.1, 0.15) is 58.8 Å². The van der Waals surface area contributed by atoms with Gasteiger partial charge in [-0.05, 0) is 58.3 Å². The second-order valence-corrected chi connectivity index (χ2v) is 7.44. The van der Waals surface area contributed by atoms with E-state index in [1.165, 1.54) is 12.8 Å². The highest BCUT2D eigenvalue weighted by atomic mass is 16.2. The Bertz CT molecular complexity index is 438. The second-order valence-electron chi connectivity index (χ2n) is 7.44. The lowest BCUT2D eigenvalue weighted by atomic mass is 9.89. The van der Waals surface area contributed by atoms with Gasteiger partial charge in [-0.25, -0.2) is 0 Å². The first kappa shape index (κ1) is 16.7. The third-order valence-corrected chi connectivity index (χ3v) is 5.97. The molecule has 130 valence electrons. The highest BCUT2D eigenvalue weighted by molar-refractivity contribution is 5.88. The minimum atomic E-state index is -0.208. The second kappa shape index (κ2) is 7.20. The van der Waals surface area contributed by atoms with E-state index in [1.54, 1.807) is 0 Å². The summed E-state index contributed by atoms with van der Waals surface area (Å²) >= 11 is 0. The standard InChI is InChI=1S/C18H31N3O2/c1-3-20(4-2)18(23)16-6-5-9-21(16)17(22)12-13-10-14-7-8-15(11-13)19-14/h13-16,19H,3-12H2,1-2H3. The molecule has 2 amide bonds. The van der Waals surface area contributed by atoms with Crippen molar-refractivity contribution in [3.63, 3.8) is 0 Å². The summed E-state index contributed by atoms with van der Waals surface area (Å²) in [4.78, 5) is 29.2. The van der Waals surface area contributed by atoms with E-state index in [0.29, 0.717) is 24.4 Å². The average molecular weight is 321 g/mol. The predicted molar refractivity (Wildman–Crippen MR) is 89.9 cm³/mol. The number of nitrogens with zero attached hydrogens (tertiary/aromatic N) is 2. The van der Waals surface area contributed by atoms with Crippen molar-refractivity contribution < 1.29 is 9.59 Å². The summed E-state index contributed by atoms with van der Waals surface area (Å²) in [5, 5.41) is 3.63. The molecule has 5 heteroatoms. The van der Waals surface area contributed by atoms with Crippen LogP contribution in [-0.2, 0) is 9.59 Å². The Morgan fingerprint density at radius 1 is 1.09 bits per heavy atom. The number of hydrogen-bond donors (Lipinski definition) is 1. The molecule has 3 saturated heterocycles. The number of likely N-dealkylation sites (N-methyl/N-ethyl adjacent to an activating group) is 1. The molecule has 1 N–H and O–H groups in total. The molecule has 5 nitrogen and oxygen atoms in total. The van der Waals surface area contributed by atoms with E-state index >= 15 is 0 Å². The van der Waals surface area contributed by atoms with Gasteiger partial charge in [0, 0.05) is 38.1 Å². The molecule has 0 radical (unpaired) electrons. The van der Waals surface area contributed by atoms with Crippen molar-refractivity contribution in [2.45, 2.75) is 76.9 Å². The average Bonchev–Trinajstić information content (AvgIpc) is 3.15. The fourth-order valence-corrected chi connectivity index (χ4v) is 4.77. The van der Waals surface area contributed by atoms with Crippen LogP contribution in [-0.4, -0.2) is 59.4 Å². The Kier molecular flexibility index (Phi) is 5.24. The quantitative estimate of drug-likeness (QED) is 0.839. The van der Waals surface area contributed by atoms with Crippen molar-refractivity contribution in [1.82, 2.24) is 15.1 Å². The zero-order valence-electron chi connectivity index (χ0n) is 14.6. The molecule has 0 aliphatic carbocycles. The van der Waals surface area contributed by atoms with E-state index in [4.69, 9.17) is 0 Å². The van der Waals surface area contributed by atoms with E-state index in [1.807, 2.05) is 23.6 Å². The first-order valence-electron chi connectivity index (χ1n) is 9.46. The maximum atomic E-state index is 12.8. The fraction of sp³-hybridized carbons (Fsp3) is 0.889. The monoisotopic (exact) mass is 321 g/mol. The highest BCUT2D eigenvalue weighted by Gasteiger charge is 2.39. The molecule has 0 aromatic carbocycles. The molecule has 0 aromatic heterocycles. The minimum Gasteiger partial charge on any atom is -0.341 e. The predicted octanol–water partition coefficient (Wildman–Crippen LogP) is 1.77. The number of amides is 2. The number of fused-ring (bicyclic) bond motifs is 2. The molecule has 3 aliphatic heterocycles. The molecule has 3 unspecified atom stereocenters. The van der Waals surface area contributed by atoms with Crippen LogP contribution in [0.4, 0.5) is 0 Å². The minimum absolute atomic E-state index is 0.145. The molecule has 3 fully saturated rings. The fourth-order valence-electron chi connectivity index (χ4n) is 4.77. The largest absolute Gasteiger partial charge is 0.341 e. The van der Waals surface area contributed by atoms with Crippen LogP contribution in [0.3, 0.4) is 0 Å². The van der Waals surface area contributed by atoms with Crippen LogP contribution in [0.25, 0.3) is 0 Å². The molecule has 23 heavy (non-hydrogen) atoms. The van der Waals surface area contributed by atoms with Crippen LogP contribution in [0.5, 0.6) is 0 Å². The normalized spacial score (nSPS) is 33.0. The Labute approximate surface area is 139 Å². The Hall–Kier alpha value is -1.10. The number of hydrogen-bond acceptors (Lipinski definition) is 3. The van der Waals surface area contributed by atoms with E-state index < -0.39 is 0 Å². The van der Waals surface area contributed by atoms with E-state index in [2.05, 4.69) is 5.32 Å². The summed E-state index contributed by atoms with van der Waals surface area (Å²) in [7, 11) is 0. The van der Waals surface area contributed by atoms with Crippen LogP contribution in [0.2, 0.25) is 0 Å². The van der Waals surface area contributed by atoms with Gasteiger partial charge >= 0.3 is 0 Å². The molecule has 0 spiro atoms. The lowest BCUT2D eigenvalue weighted by Crippen LogP contribution is -2.48. The summed E-state index contributed by atoms with van der Waals surface area (Å²) in [6.45, 7) is 6.23. The number of piperidine rings is 1. The van der Waals surface area contributed by atoms with E-state index in [9.17, 15) is 9.59 Å². The molecule has 3 rings (SSSR count). The third kappa shape index (κ3) is 3.54. The number of rotatable bonds is 5. The van der Waals surface area contributed by atoms with Crippen molar-refractivity contribution >= 4 is 11.8 Å². The SMILES string of the molecule is CCN(CC)C(=O)C1CCCN1C(=O)CC1CC2CCC(C1)N2. The van der Waals surface area contributed by atoms with Gasteiger partial charge in [-0.2, -0.15) is 0 Å². The van der Waals surface area contributed by atoms with Crippen LogP contribution in [0, 0.1) is 5.92 Å². The first-order chi connectivity index (χ1) is 11.1. The van der Waals surface area contributed by atoms with Gasteiger partial charge < -0.3 is 15.1 Å². The van der Waals surface area contributed by atoms with Crippen molar-refractivity contribution in [2.24, 2.45) is 5.92 Å². The van der Waals surface area contributed by atoms with Crippen LogP contribution >= 0.6 is 0 Å². The van der Waals surface area contributed by atoms with Gasteiger partial charge in [0.25, 0.3) is 0 Å². The van der Waals surface area contributed by atoms with Crippen molar-refractivity contribution in [3.05, 3.63) is 0 Å². The number of carbonyl (C=O) groups excluding carboxylic acids is 2. The molecule has 0 saturated carbocycles. The van der Waals surface area contributed by atoms with Gasteiger partial charge in [0.05, 0.1) is 0 Å². The third-order valence-electron chi connectivity index (χ3n) is 5.97. The Balaban J connectivity index is 1.58. The smallest absolute Gasteiger partial charge is 0.245 e. The van der Waals surface area contributed by atoms with Crippen LogP contribution in [0.15, 0.2) is 0 Å². The summed E-state index contributed by atoms with van der Waals surface area (Å²) in [6.07, 6.45) is 7.22. The molecule has 3 heterocycles. The van der Waals surface area contributed by atoms with E-state index in [-0.39, 0.29) is 17.9 Å². The van der Waals surface area contributed by atoms with Crippen LogP contribution < -0.4 is 5.32 Å². The van der Waals surface area contributed by atoms with Gasteiger partial charge in [-0.15, -0.1) is 0 Å². The Morgan fingerprint density at radius 2 is 1.74 bits per heavy atom. The number of likely N-dealkylation sites (tertiary alicyclic amines) is 1. The van der Waals surface area contributed by atoms with Gasteiger partial charge in [0.15, 0.2) is 0 Å². The first-order valence-corrected chi connectivity index (χ1v) is 9.46. The molecule has 0 aromatic rings. The van der Waals surface area contributed by atoms with Crippen molar-refractivity contribution in [1.29, 1.82) is 0 Å². The highest BCUT2D eigenvalue weighted by Crippen LogP contribution is 2.33. The van der Waals surface area contributed by atoms with Gasteiger partial charge in [-0.1, -0.05) is 0 Å². The lowest BCUT2D eigenvalue weighted by molar-refractivity contribution is -0.144. The number of carbonyl (C=O) groups is 2. The molecule has 2 bridgehead atoms. The maximum absolute atomic E-state index is 12.8. The molecule has 3 aliphatic rings. The topological polar surface area (TPSA) is 52.7 Å². The maximum Gasteiger partial charge on any atom is 0.245 e. The zero-order chi connectivity index (χ0) is 16.4. The van der Waals surface area contributed by atoms with E-state index in [0.717, 1.165) is 45.3 Å². The summed E-state index contributed by atoms with van der Waals surface area (Å²) in [5.74, 6) is 0.858. The lowest BCUT2D eigenvalue weighted by Gasteiger charge is -2.32. The van der Waals surface area contributed by atoms with Gasteiger partial charge in [-0.3, -0.25) is 9.59 Å². The van der Waals surface area contributed by atoms with Crippen molar-refractivity contribution in [2.75, 3.05) is 19.6 Å². The molecule has 3 atom stereocenters. The Morgan fingerprint density at radius 3 is 2.35 bits per heavy atom. The molecular weight excluding hydrogens is 290 g/mol.